The first-order chi connectivity index (χ1) is 12.7. The number of nitrogens with zero attached hydrogens (tertiary/aromatic N) is 2. The van der Waals surface area contributed by atoms with Gasteiger partial charge in [-0.3, -0.25) is 4.79 Å². The molecule has 2 heterocycles. The van der Waals surface area contributed by atoms with Crippen molar-refractivity contribution < 1.29 is 9.53 Å². The van der Waals surface area contributed by atoms with Gasteiger partial charge in [-0.25, -0.2) is 4.68 Å². The molecule has 6 nitrogen and oxygen atoms in total. The second kappa shape index (κ2) is 6.55. The lowest BCUT2D eigenvalue weighted by atomic mass is 9.98. The van der Waals surface area contributed by atoms with Gasteiger partial charge >= 0.3 is 0 Å². The van der Waals surface area contributed by atoms with Crippen LogP contribution in [0.4, 0.5) is 5.82 Å². The van der Waals surface area contributed by atoms with Crippen molar-refractivity contribution in [1.82, 2.24) is 15.1 Å². The van der Waals surface area contributed by atoms with Gasteiger partial charge in [0.25, 0.3) is 5.91 Å². The Bertz CT molecular complexity index is 960. The Labute approximate surface area is 151 Å². The van der Waals surface area contributed by atoms with Gasteiger partial charge in [-0.15, -0.1) is 0 Å². The number of carbonyl (C=O) groups is 1. The summed E-state index contributed by atoms with van der Waals surface area (Å²) in [5.74, 6) is 1.18. The summed E-state index contributed by atoms with van der Waals surface area (Å²) in [4.78, 5) is 12.3. The Morgan fingerprint density at radius 2 is 1.96 bits per heavy atom. The zero-order valence-electron chi connectivity index (χ0n) is 14.5. The van der Waals surface area contributed by atoms with E-state index in [0.29, 0.717) is 12.4 Å². The topological polar surface area (TPSA) is 82.2 Å². The van der Waals surface area contributed by atoms with Crippen molar-refractivity contribution in [3.8, 4) is 22.6 Å². The lowest BCUT2D eigenvalue weighted by Crippen LogP contribution is -2.22. The predicted octanol–water partition coefficient (Wildman–Crippen LogP) is 2.81. The quantitative estimate of drug-likeness (QED) is 0.762. The van der Waals surface area contributed by atoms with E-state index in [4.69, 9.17) is 10.5 Å². The summed E-state index contributed by atoms with van der Waals surface area (Å²) in [5.41, 5.74) is 10.5. The highest BCUT2D eigenvalue weighted by molar-refractivity contribution is 5.97. The summed E-state index contributed by atoms with van der Waals surface area (Å²) in [6.07, 6.45) is 3.73. The fraction of sp³-hybridized carbons (Fsp3) is 0.200. The highest BCUT2D eigenvalue weighted by Crippen LogP contribution is 2.29. The largest absolute Gasteiger partial charge is 0.497 e. The van der Waals surface area contributed by atoms with Crippen LogP contribution in [0.3, 0.4) is 0 Å². The summed E-state index contributed by atoms with van der Waals surface area (Å²) in [7, 11) is 1.63. The normalized spacial score (nSPS) is 13.7. The Morgan fingerprint density at radius 1 is 1.15 bits per heavy atom. The van der Waals surface area contributed by atoms with Gasteiger partial charge in [-0.2, -0.15) is 5.10 Å². The lowest BCUT2D eigenvalue weighted by Gasteiger charge is -2.07. The minimum Gasteiger partial charge on any atom is -0.497 e. The summed E-state index contributed by atoms with van der Waals surface area (Å²) in [5, 5.41) is 7.35. The highest BCUT2D eigenvalue weighted by atomic mass is 16.5. The van der Waals surface area contributed by atoms with Crippen molar-refractivity contribution in [3.05, 3.63) is 59.8 Å². The van der Waals surface area contributed by atoms with Gasteiger partial charge in [0.05, 0.1) is 12.8 Å². The number of hydrogen-bond acceptors (Lipinski definition) is 4. The van der Waals surface area contributed by atoms with Crippen LogP contribution in [-0.2, 0) is 6.42 Å². The van der Waals surface area contributed by atoms with E-state index < -0.39 is 0 Å². The lowest BCUT2D eigenvalue weighted by molar-refractivity contribution is 0.0956. The summed E-state index contributed by atoms with van der Waals surface area (Å²) >= 11 is 0. The standard InChI is InChI=1S/C20H20N4O2/c1-26-16-8-6-15(7-9-16)24-12-18(19(21)23-24)14-5-4-13-3-2-10-22-20(25)17(13)11-14/h4-9,11-12H,2-3,10H2,1H3,(H2,21,23)(H,22,25). The Morgan fingerprint density at radius 3 is 2.73 bits per heavy atom. The fourth-order valence-corrected chi connectivity index (χ4v) is 3.23. The van der Waals surface area contributed by atoms with Crippen molar-refractivity contribution in [2.24, 2.45) is 0 Å². The van der Waals surface area contributed by atoms with Crippen LogP contribution < -0.4 is 15.8 Å². The molecular weight excluding hydrogens is 328 g/mol. The number of amides is 1. The van der Waals surface area contributed by atoms with Gasteiger partial charge in [-0.1, -0.05) is 12.1 Å². The molecule has 3 aromatic rings. The van der Waals surface area contributed by atoms with Crippen molar-refractivity contribution in [1.29, 1.82) is 0 Å². The van der Waals surface area contributed by atoms with E-state index in [1.807, 2.05) is 48.7 Å². The number of nitrogens with one attached hydrogen (secondary N) is 1. The van der Waals surface area contributed by atoms with Crippen LogP contribution in [0, 0.1) is 0 Å². The third-order valence-corrected chi connectivity index (χ3v) is 4.65. The molecule has 0 unspecified atom stereocenters. The zero-order chi connectivity index (χ0) is 18.1. The van der Waals surface area contributed by atoms with Crippen LogP contribution in [-0.4, -0.2) is 29.3 Å². The van der Waals surface area contributed by atoms with E-state index in [9.17, 15) is 4.79 Å². The molecule has 0 spiro atoms. The number of nitrogen functional groups attached to an aromatic ring is 1. The molecule has 2 aromatic carbocycles. The summed E-state index contributed by atoms with van der Waals surface area (Å²) < 4.78 is 6.92. The van der Waals surface area contributed by atoms with Crippen molar-refractivity contribution in [3.63, 3.8) is 0 Å². The van der Waals surface area contributed by atoms with E-state index in [1.54, 1.807) is 11.8 Å². The molecule has 1 aliphatic rings. The molecule has 0 radical (unpaired) electrons. The smallest absolute Gasteiger partial charge is 0.251 e. The molecular formula is C20H20N4O2. The first-order valence-electron chi connectivity index (χ1n) is 8.57. The molecule has 0 saturated carbocycles. The average Bonchev–Trinajstić information content (AvgIpc) is 2.96. The van der Waals surface area contributed by atoms with E-state index in [1.165, 1.54) is 0 Å². The Balaban J connectivity index is 1.72. The molecule has 3 N–H and O–H groups in total. The molecule has 0 aliphatic carbocycles. The maximum atomic E-state index is 12.3. The third kappa shape index (κ3) is 2.90. The SMILES string of the molecule is COc1ccc(-n2cc(-c3ccc4c(c3)C(=O)NCCC4)c(N)n2)cc1. The van der Waals surface area contributed by atoms with E-state index in [2.05, 4.69) is 10.4 Å². The number of nitrogens with two attached hydrogens (primary N) is 1. The first-order valence-corrected chi connectivity index (χ1v) is 8.57. The number of hydrogen-bond donors (Lipinski definition) is 2. The number of rotatable bonds is 3. The molecule has 0 fully saturated rings. The van der Waals surface area contributed by atoms with Gasteiger partial charge in [0, 0.05) is 23.9 Å². The van der Waals surface area contributed by atoms with Gasteiger partial charge in [0.15, 0.2) is 5.82 Å². The van der Waals surface area contributed by atoms with E-state index in [0.717, 1.165) is 46.5 Å². The van der Waals surface area contributed by atoms with Crippen LogP contribution in [0.15, 0.2) is 48.7 Å². The van der Waals surface area contributed by atoms with Crippen LogP contribution in [0.1, 0.15) is 22.3 Å². The predicted molar refractivity (Wildman–Crippen MR) is 101 cm³/mol. The number of aryl methyl sites for hydroxylation is 1. The number of carbonyl (C=O) groups excluding carboxylic acids is 1. The van der Waals surface area contributed by atoms with Crippen molar-refractivity contribution in [2.45, 2.75) is 12.8 Å². The second-order valence-corrected chi connectivity index (χ2v) is 6.30. The highest BCUT2D eigenvalue weighted by Gasteiger charge is 2.17. The average molecular weight is 348 g/mol. The molecule has 1 aliphatic heterocycles. The molecule has 6 heteroatoms. The van der Waals surface area contributed by atoms with Crippen LogP contribution in [0.5, 0.6) is 5.75 Å². The Hall–Kier alpha value is -3.28. The number of benzene rings is 2. The van der Waals surface area contributed by atoms with E-state index >= 15 is 0 Å². The molecule has 1 amide bonds. The number of methoxy groups -OCH3 is 1. The maximum Gasteiger partial charge on any atom is 0.251 e. The third-order valence-electron chi connectivity index (χ3n) is 4.65. The molecule has 132 valence electrons. The summed E-state index contributed by atoms with van der Waals surface area (Å²) in [6, 6.07) is 13.5. The van der Waals surface area contributed by atoms with Crippen LogP contribution >= 0.6 is 0 Å². The van der Waals surface area contributed by atoms with Gasteiger partial charge in [-0.05, 0) is 54.3 Å². The Kier molecular flexibility index (Phi) is 4.08. The number of fused-ring (bicyclic) bond motifs is 1. The summed E-state index contributed by atoms with van der Waals surface area (Å²) in [6.45, 7) is 0.709. The van der Waals surface area contributed by atoms with Crippen LogP contribution in [0.25, 0.3) is 16.8 Å². The first kappa shape index (κ1) is 16.2. The molecule has 26 heavy (non-hydrogen) atoms. The molecule has 0 bridgehead atoms. The number of anilines is 1. The van der Waals surface area contributed by atoms with Gasteiger partial charge < -0.3 is 15.8 Å². The zero-order valence-corrected chi connectivity index (χ0v) is 14.5. The van der Waals surface area contributed by atoms with Gasteiger partial charge in [0.1, 0.15) is 5.75 Å². The number of ether oxygens (including phenoxy) is 1. The molecule has 4 rings (SSSR count). The van der Waals surface area contributed by atoms with Gasteiger partial charge in [0.2, 0.25) is 0 Å². The van der Waals surface area contributed by atoms with Crippen molar-refractivity contribution >= 4 is 11.7 Å². The maximum absolute atomic E-state index is 12.3. The molecule has 0 saturated heterocycles. The minimum atomic E-state index is -0.0273. The molecule has 0 atom stereocenters. The minimum absolute atomic E-state index is 0.0273. The number of aromatic nitrogens is 2. The van der Waals surface area contributed by atoms with Crippen LogP contribution in [0.2, 0.25) is 0 Å². The monoisotopic (exact) mass is 348 g/mol. The van der Waals surface area contributed by atoms with Crippen molar-refractivity contribution in [2.75, 3.05) is 19.4 Å². The second-order valence-electron chi connectivity index (χ2n) is 6.30. The fourth-order valence-electron chi connectivity index (χ4n) is 3.23. The molecule has 1 aromatic heterocycles. The van der Waals surface area contributed by atoms with E-state index in [-0.39, 0.29) is 5.91 Å².